The number of fused-ring (bicyclic) bond motifs is 1. The zero-order valence-electron chi connectivity index (χ0n) is 14.4. The van der Waals surface area contributed by atoms with E-state index >= 15 is 0 Å². The number of nitrogens with zero attached hydrogens (tertiary/aromatic N) is 2. The number of thioether (sulfide) groups is 1. The number of carbonyl (C=O) groups excluding carboxylic acids is 2. The summed E-state index contributed by atoms with van der Waals surface area (Å²) in [6, 6.07) is 15.2. The number of hydrogen-bond acceptors (Lipinski definition) is 6. The van der Waals surface area contributed by atoms with Gasteiger partial charge in [0.25, 0.3) is 5.24 Å². The molecular weight excluding hydrogens is 382 g/mol. The van der Waals surface area contributed by atoms with E-state index in [1.807, 2.05) is 48.5 Å². The number of thiazole rings is 1. The summed E-state index contributed by atoms with van der Waals surface area (Å²) in [4.78, 5) is 29.9. The van der Waals surface area contributed by atoms with Crippen LogP contribution in [0.25, 0.3) is 10.2 Å². The monoisotopic (exact) mass is 399 g/mol. The van der Waals surface area contributed by atoms with E-state index in [4.69, 9.17) is 4.74 Å². The second-order valence-corrected chi connectivity index (χ2v) is 8.04. The normalized spacial score (nSPS) is 13.9. The van der Waals surface area contributed by atoms with E-state index in [0.717, 1.165) is 27.5 Å². The van der Waals surface area contributed by atoms with Gasteiger partial charge in [0.15, 0.2) is 5.13 Å². The van der Waals surface area contributed by atoms with Crippen molar-refractivity contribution in [2.75, 3.05) is 24.2 Å². The Morgan fingerprint density at radius 2 is 2.04 bits per heavy atom. The molecule has 0 saturated carbocycles. The number of nitrogens with one attached hydrogen (secondary N) is 1. The van der Waals surface area contributed by atoms with Crippen LogP contribution in [0.3, 0.4) is 0 Å². The van der Waals surface area contributed by atoms with Gasteiger partial charge >= 0.3 is 0 Å². The molecule has 2 aromatic carbocycles. The minimum atomic E-state index is -0.139. The first-order valence-electron chi connectivity index (χ1n) is 8.52. The molecule has 1 aliphatic heterocycles. The molecular formula is C19H17N3O3S2. The van der Waals surface area contributed by atoms with Crippen LogP contribution in [0.5, 0.6) is 11.5 Å². The largest absolute Gasteiger partial charge is 0.457 e. The number of ether oxygens (including phenoxy) is 1. The van der Waals surface area contributed by atoms with Crippen LogP contribution in [0.2, 0.25) is 0 Å². The Kier molecular flexibility index (Phi) is 5.26. The van der Waals surface area contributed by atoms with Crippen molar-refractivity contribution >= 4 is 49.6 Å². The molecule has 8 heteroatoms. The topological polar surface area (TPSA) is 71.5 Å². The maximum absolute atomic E-state index is 12.1. The summed E-state index contributed by atoms with van der Waals surface area (Å²) in [5, 5.41) is 3.42. The molecule has 3 aromatic rings. The number of carbonyl (C=O) groups is 2. The maximum Gasteiger partial charge on any atom is 0.281 e. The van der Waals surface area contributed by atoms with Gasteiger partial charge in [0.2, 0.25) is 5.91 Å². The Balaban J connectivity index is 1.39. The number of aromatic nitrogens is 1. The highest BCUT2D eigenvalue weighted by Crippen LogP contribution is 2.31. The first-order chi connectivity index (χ1) is 13.2. The molecule has 0 bridgehead atoms. The lowest BCUT2D eigenvalue weighted by Crippen LogP contribution is -2.27. The molecule has 0 spiro atoms. The molecule has 6 nitrogen and oxygen atoms in total. The van der Waals surface area contributed by atoms with Gasteiger partial charge in [-0.3, -0.25) is 9.59 Å². The third-order valence-corrected chi connectivity index (χ3v) is 5.86. The summed E-state index contributed by atoms with van der Waals surface area (Å²) in [6.45, 7) is 1.15. The SMILES string of the molecule is O=C(CCN1CCSC1=O)Nc1nc2ccc(Oc3ccccc3)cc2s1. The van der Waals surface area contributed by atoms with Crippen LogP contribution in [0.1, 0.15) is 6.42 Å². The van der Waals surface area contributed by atoms with Crippen molar-refractivity contribution < 1.29 is 14.3 Å². The fourth-order valence-corrected chi connectivity index (χ4v) is 4.46. The maximum atomic E-state index is 12.1. The first kappa shape index (κ1) is 17.8. The van der Waals surface area contributed by atoms with E-state index < -0.39 is 0 Å². The van der Waals surface area contributed by atoms with Gasteiger partial charge in [-0.05, 0) is 24.3 Å². The Morgan fingerprint density at radius 1 is 1.19 bits per heavy atom. The molecule has 0 aliphatic carbocycles. The molecule has 0 radical (unpaired) electrons. The molecule has 1 aromatic heterocycles. The zero-order valence-corrected chi connectivity index (χ0v) is 16.0. The van der Waals surface area contributed by atoms with Crippen molar-refractivity contribution in [1.29, 1.82) is 0 Å². The molecule has 4 rings (SSSR count). The van der Waals surface area contributed by atoms with Crippen LogP contribution in [-0.2, 0) is 4.79 Å². The highest BCUT2D eigenvalue weighted by molar-refractivity contribution is 8.13. The van der Waals surface area contributed by atoms with Crippen LogP contribution in [0.4, 0.5) is 9.93 Å². The summed E-state index contributed by atoms with van der Waals surface area (Å²) in [5.41, 5.74) is 0.807. The summed E-state index contributed by atoms with van der Waals surface area (Å²) in [7, 11) is 0. The van der Waals surface area contributed by atoms with Crippen molar-refractivity contribution in [3.8, 4) is 11.5 Å². The highest BCUT2D eigenvalue weighted by Gasteiger charge is 2.21. The summed E-state index contributed by atoms with van der Waals surface area (Å²) in [6.07, 6.45) is 0.268. The Bertz CT molecular complexity index is 975. The molecule has 0 unspecified atom stereocenters. The van der Waals surface area contributed by atoms with Crippen LogP contribution in [0, 0.1) is 0 Å². The number of amides is 2. The fraction of sp³-hybridized carbons (Fsp3) is 0.211. The lowest BCUT2D eigenvalue weighted by atomic mass is 10.3. The molecule has 1 fully saturated rings. The van der Waals surface area contributed by atoms with E-state index in [1.165, 1.54) is 23.1 Å². The van der Waals surface area contributed by atoms with Gasteiger partial charge in [0.05, 0.1) is 10.2 Å². The zero-order chi connectivity index (χ0) is 18.6. The van der Waals surface area contributed by atoms with Gasteiger partial charge in [0, 0.05) is 31.3 Å². The lowest BCUT2D eigenvalue weighted by molar-refractivity contribution is -0.116. The molecule has 1 aliphatic rings. The quantitative estimate of drug-likeness (QED) is 0.657. The number of para-hydroxylation sites is 1. The van der Waals surface area contributed by atoms with Gasteiger partial charge < -0.3 is 15.0 Å². The highest BCUT2D eigenvalue weighted by atomic mass is 32.2. The minimum Gasteiger partial charge on any atom is -0.457 e. The predicted molar refractivity (Wildman–Crippen MR) is 109 cm³/mol. The van der Waals surface area contributed by atoms with Crippen LogP contribution < -0.4 is 10.1 Å². The minimum absolute atomic E-state index is 0.0498. The summed E-state index contributed by atoms with van der Waals surface area (Å²) < 4.78 is 6.77. The average molecular weight is 399 g/mol. The van der Waals surface area contributed by atoms with Crippen molar-refractivity contribution in [1.82, 2.24) is 9.88 Å². The first-order valence-corrected chi connectivity index (χ1v) is 10.3. The number of benzene rings is 2. The molecule has 0 atom stereocenters. The Hall–Kier alpha value is -2.58. The van der Waals surface area contributed by atoms with E-state index in [2.05, 4.69) is 10.3 Å². The van der Waals surface area contributed by atoms with E-state index in [9.17, 15) is 9.59 Å². The standard InChI is InChI=1S/C19H17N3O3S2/c23-17(8-9-22-10-11-26-19(22)24)21-18-20-15-7-6-14(12-16(15)27-18)25-13-4-2-1-3-5-13/h1-7,12H,8-11H2,(H,20,21,23). The molecule has 1 N–H and O–H groups in total. The van der Waals surface area contributed by atoms with Crippen LogP contribution >= 0.6 is 23.1 Å². The number of rotatable bonds is 6. The molecule has 27 heavy (non-hydrogen) atoms. The van der Waals surface area contributed by atoms with Gasteiger partial charge in [-0.25, -0.2) is 4.98 Å². The third kappa shape index (κ3) is 4.40. The van der Waals surface area contributed by atoms with E-state index in [1.54, 1.807) is 4.90 Å². The van der Waals surface area contributed by atoms with Crippen molar-refractivity contribution in [2.24, 2.45) is 0 Å². The number of anilines is 1. The van der Waals surface area contributed by atoms with E-state index in [0.29, 0.717) is 18.2 Å². The van der Waals surface area contributed by atoms with E-state index in [-0.39, 0.29) is 17.6 Å². The molecule has 1 saturated heterocycles. The predicted octanol–water partition coefficient (Wildman–Crippen LogP) is 4.59. The van der Waals surface area contributed by atoms with Gasteiger partial charge in [0.1, 0.15) is 11.5 Å². The molecule has 2 amide bonds. The van der Waals surface area contributed by atoms with Gasteiger partial charge in [-0.1, -0.05) is 41.3 Å². The van der Waals surface area contributed by atoms with Crippen LogP contribution in [0.15, 0.2) is 48.5 Å². The number of hydrogen-bond donors (Lipinski definition) is 1. The summed E-state index contributed by atoms with van der Waals surface area (Å²) >= 11 is 2.70. The van der Waals surface area contributed by atoms with Crippen molar-refractivity contribution in [3.63, 3.8) is 0 Å². The molecule has 138 valence electrons. The summed E-state index contributed by atoms with van der Waals surface area (Å²) in [5.74, 6) is 2.15. The Labute approximate surface area is 164 Å². The Morgan fingerprint density at radius 3 is 2.81 bits per heavy atom. The van der Waals surface area contributed by atoms with Gasteiger partial charge in [-0.2, -0.15) is 0 Å². The average Bonchev–Trinajstić information content (AvgIpc) is 3.25. The van der Waals surface area contributed by atoms with Crippen LogP contribution in [-0.4, -0.2) is 39.9 Å². The smallest absolute Gasteiger partial charge is 0.281 e. The second-order valence-electron chi connectivity index (χ2n) is 5.96. The molecule has 2 heterocycles. The fourth-order valence-electron chi connectivity index (χ4n) is 2.69. The van der Waals surface area contributed by atoms with Gasteiger partial charge in [-0.15, -0.1) is 0 Å². The second kappa shape index (κ2) is 7.98. The van der Waals surface area contributed by atoms with Crippen molar-refractivity contribution in [3.05, 3.63) is 48.5 Å². The third-order valence-electron chi connectivity index (χ3n) is 4.04. The lowest BCUT2D eigenvalue weighted by Gasteiger charge is -2.13. The van der Waals surface area contributed by atoms with Crippen molar-refractivity contribution in [2.45, 2.75) is 6.42 Å².